The van der Waals surface area contributed by atoms with Crippen LogP contribution in [-0.4, -0.2) is 40.0 Å². The summed E-state index contributed by atoms with van der Waals surface area (Å²) in [5, 5.41) is 5.34. The van der Waals surface area contributed by atoms with E-state index in [0.29, 0.717) is 16.7 Å². The van der Waals surface area contributed by atoms with Crippen molar-refractivity contribution >= 4 is 10.8 Å². The summed E-state index contributed by atoms with van der Waals surface area (Å²) >= 11 is 0. The first-order valence-corrected chi connectivity index (χ1v) is 11.4. The zero-order valence-electron chi connectivity index (χ0n) is 19.1. The highest BCUT2D eigenvalue weighted by Gasteiger charge is 2.38. The molecule has 4 aromatic heterocycles. The maximum absolute atomic E-state index is 13.4. The van der Waals surface area contributed by atoms with Gasteiger partial charge in [-0.25, -0.2) is 15.0 Å². The molecule has 1 unspecified atom stereocenters. The van der Waals surface area contributed by atoms with Crippen LogP contribution in [0.5, 0.6) is 0 Å². The third-order valence-corrected chi connectivity index (χ3v) is 6.41. The maximum atomic E-state index is 13.4. The lowest BCUT2D eigenvalue weighted by atomic mass is 10.2. The van der Waals surface area contributed by atoms with E-state index in [-0.39, 0.29) is 17.3 Å². The van der Waals surface area contributed by atoms with Crippen LogP contribution in [0.3, 0.4) is 0 Å². The average Bonchev–Trinajstić information content (AvgIpc) is 3.39. The smallest absolute Gasteiger partial charge is 0.318 e. The SMILES string of the molecule is CC(n1ccnc1-c1cccc(-n2ncc3ccc(-n4cnc(C5CC5)c4)cc3c2=O)n1)C(F)(F)F. The van der Waals surface area contributed by atoms with Crippen LogP contribution in [0.15, 0.2) is 72.3 Å². The van der Waals surface area contributed by atoms with Crippen LogP contribution in [0, 0.1) is 0 Å². The minimum absolute atomic E-state index is 0.0457. The molecule has 0 N–H and O–H groups in total. The molecule has 6 rings (SSSR count). The van der Waals surface area contributed by atoms with Gasteiger partial charge in [0.2, 0.25) is 0 Å². The van der Waals surface area contributed by atoms with Crippen LogP contribution in [0.25, 0.3) is 33.8 Å². The molecule has 0 aliphatic heterocycles. The topological polar surface area (TPSA) is 83.4 Å². The Kier molecular flexibility index (Phi) is 5.02. The number of hydrogen-bond acceptors (Lipinski definition) is 5. The molecule has 0 bridgehead atoms. The minimum Gasteiger partial charge on any atom is -0.318 e. The molecule has 11 heteroatoms. The van der Waals surface area contributed by atoms with Gasteiger partial charge in [0.05, 0.1) is 23.6 Å². The Morgan fingerprint density at radius 1 is 1.11 bits per heavy atom. The summed E-state index contributed by atoms with van der Waals surface area (Å²) in [5.41, 5.74) is 1.64. The second-order valence-corrected chi connectivity index (χ2v) is 8.87. The van der Waals surface area contributed by atoms with Gasteiger partial charge in [0.15, 0.2) is 11.6 Å². The Hall–Kier alpha value is -4.28. The van der Waals surface area contributed by atoms with Crippen LogP contribution in [0.1, 0.15) is 37.4 Å². The molecule has 36 heavy (non-hydrogen) atoms. The number of rotatable bonds is 5. The van der Waals surface area contributed by atoms with Crippen LogP contribution in [0.2, 0.25) is 0 Å². The highest BCUT2D eigenvalue weighted by atomic mass is 19.4. The van der Waals surface area contributed by atoms with Gasteiger partial charge in [-0.1, -0.05) is 12.1 Å². The molecule has 0 radical (unpaired) electrons. The number of halogens is 3. The summed E-state index contributed by atoms with van der Waals surface area (Å²) in [6.07, 6.45) is 5.67. The summed E-state index contributed by atoms with van der Waals surface area (Å²) in [6.45, 7) is 1.05. The van der Waals surface area contributed by atoms with Gasteiger partial charge in [-0.05, 0) is 44.0 Å². The second-order valence-electron chi connectivity index (χ2n) is 8.87. The first-order valence-electron chi connectivity index (χ1n) is 11.4. The van der Waals surface area contributed by atoms with Crippen molar-refractivity contribution in [2.24, 2.45) is 0 Å². The lowest BCUT2D eigenvalue weighted by Crippen LogP contribution is -2.24. The van der Waals surface area contributed by atoms with Crippen molar-refractivity contribution in [3.63, 3.8) is 0 Å². The monoisotopic (exact) mass is 491 g/mol. The maximum Gasteiger partial charge on any atom is 0.408 e. The number of fused-ring (bicyclic) bond motifs is 1. The molecular weight excluding hydrogens is 471 g/mol. The second kappa shape index (κ2) is 8.14. The van der Waals surface area contributed by atoms with Crippen LogP contribution < -0.4 is 5.56 Å². The van der Waals surface area contributed by atoms with Crippen LogP contribution in [0.4, 0.5) is 13.2 Å². The number of hydrogen-bond donors (Lipinski definition) is 0. The predicted octanol–water partition coefficient (Wildman–Crippen LogP) is 4.83. The van der Waals surface area contributed by atoms with Crippen molar-refractivity contribution in [2.75, 3.05) is 0 Å². The van der Waals surface area contributed by atoms with Gasteiger partial charge in [0, 0.05) is 35.6 Å². The molecule has 1 atom stereocenters. The van der Waals surface area contributed by atoms with Crippen LogP contribution >= 0.6 is 0 Å². The Morgan fingerprint density at radius 3 is 2.72 bits per heavy atom. The number of alkyl halides is 3. The fraction of sp³-hybridized carbons (Fsp3) is 0.240. The number of imidazole rings is 2. The van der Waals surface area contributed by atoms with E-state index < -0.39 is 17.8 Å². The van der Waals surface area contributed by atoms with Crippen molar-refractivity contribution in [1.29, 1.82) is 0 Å². The number of aromatic nitrogens is 7. The number of nitrogens with zero attached hydrogens (tertiary/aromatic N) is 7. The highest BCUT2D eigenvalue weighted by molar-refractivity contribution is 5.83. The van der Waals surface area contributed by atoms with Crippen molar-refractivity contribution < 1.29 is 13.2 Å². The zero-order chi connectivity index (χ0) is 25.0. The number of pyridine rings is 1. The van der Waals surface area contributed by atoms with Crippen molar-refractivity contribution in [2.45, 2.75) is 37.9 Å². The van der Waals surface area contributed by atoms with E-state index in [2.05, 4.69) is 20.1 Å². The van der Waals surface area contributed by atoms with Gasteiger partial charge in [0.1, 0.15) is 11.7 Å². The molecule has 4 heterocycles. The van der Waals surface area contributed by atoms with Gasteiger partial charge in [-0.2, -0.15) is 23.0 Å². The van der Waals surface area contributed by atoms with Gasteiger partial charge in [0.25, 0.3) is 5.56 Å². The van der Waals surface area contributed by atoms with Crippen molar-refractivity contribution in [3.8, 4) is 23.0 Å². The summed E-state index contributed by atoms with van der Waals surface area (Å²) in [5.74, 6) is 0.739. The molecule has 1 saturated carbocycles. The molecule has 0 saturated heterocycles. The van der Waals surface area contributed by atoms with E-state index in [9.17, 15) is 18.0 Å². The third-order valence-electron chi connectivity index (χ3n) is 6.41. The fourth-order valence-electron chi connectivity index (χ4n) is 4.17. The molecular formula is C25H20F3N7O. The molecule has 182 valence electrons. The molecule has 1 aliphatic rings. The van der Waals surface area contributed by atoms with Crippen molar-refractivity contribution in [1.82, 2.24) is 33.9 Å². The zero-order valence-corrected chi connectivity index (χ0v) is 19.1. The third kappa shape index (κ3) is 3.86. The minimum atomic E-state index is -4.45. The van der Waals surface area contributed by atoms with Gasteiger partial charge < -0.3 is 9.13 Å². The van der Waals surface area contributed by atoms with Gasteiger partial charge in [-0.15, -0.1) is 0 Å². The van der Waals surface area contributed by atoms with Gasteiger partial charge in [-0.3, -0.25) is 4.79 Å². The Labute approximate surface area is 202 Å². The van der Waals surface area contributed by atoms with E-state index in [0.717, 1.165) is 40.4 Å². The largest absolute Gasteiger partial charge is 0.408 e. The lowest BCUT2D eigenvalue weighted by molar-refractivity contribution is -0.162. The Bertz CT molecular complexity index is 1650. The van der Waals surface area contributed by atoms with E-state index in [1.54, 1.807) is 36.8 Å². The summed E-state index contributed by atoms with van der Waals surface area (Å²) in [4.78, 5) is 26.4. The first-order chi connectivity index (χ1) is 17.3. The van der Waals surface area contributed by atoms with E-state index in [4.69, 9.17) is 0 Å². The van der Waals surface area contributed by atoms with E-state index in [1.165, 1.54) is 12.4 Å². The lowest BCUT2D eigenvalue weighted by Gasteiger charge is -2.19. The average molecular weight is 491 g/mol. The summed E-state index contributed by atoms with van der Waals surface area (Å²) in [7, 11) is 0. The van der Waals surface area contributed by atoms with E-state index in [1.807, 2.05) is 22.9 Å². The quantitative estimate of drug-likeness (QED) is 0.352. The molecule has 1 aromatic carbocycles. The molecule has 8 nitrogen and oxygen atoms in total. The van der Waals surface area contributed by atoms with Gasteiger partial charge >= 0.3 is 6.18 Å². The Balaban J connectivity index is 1.40. The predicted molar refractivity (Wildman–Crippen MR) is 126 cm³/mol. The first kappa shape index (κ1) is 22.2. The molecule has 5 aromatic rings. The molecule has 1 aliphatic carbocycles. The van der Waals surface area contributed by atoms with Crippen LogP contribution in [-0.2, 0) is 0 Å². The fourth-order valence-corrected chi connectivity index (χ4v) is 4.17. The standard InChI is InChI=1S/C25H20F3N7O/c1-15(25(26,27)28)34-10-9-29-23(34)20-3-2-4-22(32-20)35-24(36)19-11-18(8-7-17(19)12-31-35)33-13-21(30-14-33)16-5-6-16/h2-4,7-16H,5-6H2,1H3. The molecule has 0 amide bonds. The normalized spacial score (nSPS) is 14.9. The summed E-state index contributed by atoms with van der Waals surface area (Å²) in [6, 6.07) is 8.43. The summed E-state index contributed by atoms with van der Waals surface area (Å²) < 4.78 is 44.0. The molecule has 0 spiro atoms. The number of benzene rings is 1. The molecule has 1 fully saturated rings. The Morgan fingerprint density at radius 2 is 1.94 bits per heavy atom. The van der Waals surface area contributed by atoms with Crippen molar-refractivity contribution in [3.05, 3.63) is 83.6 Å². The van der Waals surface area contributed by atoms with E-state index >= 15 is 0 Å². The highest BCUT2D eigenvalue weighted by Crippen LogP contribution is 2.39.